The molecule has 5 nitrogen and oxygen atoms in total. The van der Waals surface area contributed by atoms with Crippen LogP contribution in [0.3, 0.4) is 0 Å². The first-order chi connectivity index (χ1) is 7.79. The number of carbonyl (C=O) groups excluding carboxylic acids is 1. The van der Waals surface area contributed by atoms with Crippen LogP contribution in [0.4, 0.5) is 4.79 Å². The topological polar surface area (TPSA) is 56.8 Å². The molecule has 1 aliphatic heterocycles. The number of hydrogen-bond donors (Lipinski definition) is 1. The Bertz CT molecular complexity index is 385. The molecule has 1 saturated heterocycles. The minimum atomic E-state index is -0.395. The van der Waals surface area contributed by atoms with Crippen LogP contribution in [0, 0.1) is 0 Å². The summed E-state index contributed by atoms with van der Waals surface area (Å²) in [5.41, 5.74) is 0. The van der Waals surface area contributed by atoms with E-state index in [0.29, 0.717) is 24.7 Å². The summed E-state index contributed by atoms with van der Waals surface area (Å²) < 4.78 is 15.6. The van der Waals surface area contributed by atoms with Crippen LogP contribution < -0.4 is 14.8 Å². The van der Waals surface area contributed by atoms with Crippen molar-refractivity contribution in [3.8, 4) is 11.5 Å². The molecule has 0 spiro atoms. The van der Waals surface area contributed by atoms with Gasteiger partial charge in [0.1, 0.15) is 6.61 Å². The fraction of sp³-hybridized carbons (Fsp3) is 0.364. The third kappa shape index (κ3) is 3.58. The van der Waals surface area contributed by atoms with Gasteiger partial charge in [-0.1, -0.05) is 12.1 Å². The molecular formula is C11H14LiNO4. The van der Waals surface area contributed by atoms with Crippen LogP contribution in [0.2, 0.25) is 0 Å². The molecule has 17 heavy (non-hydrogen) atoms. The molecule has 1 N–H and O–H groups in total. The number of carbonyl (C=O) groups is 1. The predicted octanol–water partition coefficient (Wildman–Crippen LogP) is 0.534. The summed E-state index contributed by atoms with van der Waals surface area (Å²) in [5.74, 6) is 1.31. The van der Waals surface area contributed by atoms with Gasteiger partial charge in [0.25, 0.3) is 0 Å². The summed E-state index contributed by atoms with van der Waals surface area (Å²) in [6.45, 7) is 0.799. The third-order valence-electron chi connectivity index (χ3n) is 2.24. The number of alkyl carbamates (subject to hydrolysis) is 1. The Balaban J connectivity index is 0.00000144. The Morgan fingerprint density at radius 1 is 1.41 bits per heavy atom. The van der Waals surface area contributed by atoms with Gasteiger partial charge in [-0.25, -0.2) is 4.79 Å². The quantitative estimate of drug-likeness (QED) is 0.768. The number of rotatable bonds is 4. The van der Waals surface area contributed by atoms with Crippen LogP contribution >= 0.6 is 0 Å². The van der Waals surface area contributed by atoms with Crippen molar-refractivity contribution in [3.63, 3.8) is 0 Å². The zero-order valence-electron chi connectivity index (χ0n) is 8.93. The van der Waals surface area contributed by atoms with Gasteiger partial charge in [0.2, 0.25) is 0 Å². The second kappa shape index (κ2) is 6.43. The maximum atomic E-state index is 10.8. The predicted molar refractivity (Wildman–Crippen MR) is 63.9 cm³/mol. The molecule has 2 rings (SSSR count). The van der Waals surface area contributed by atoms with E-state index in [0.717, 1.165) is 0 Å². The van der Waals surface area contributed by atoms with Gasteiger partial charge in [-0.3, -0.25) is 0 Å². The zero-order chi connectivity index (χ0) is 11.4. The van der Waals surface area contributed by atoms with Gasteiger partial charge >= 0.3 is 25.0 Å². The fourth-order valence-electron chi connectivity index (χ4n) is 1.45. The first kappa shape index (κ1) is 13.8. The van der Waals surface area contributed by atoms with E-state index in [-0.39, 0.29) is 25.0 Å². The number of para-hydroxylation sites is 2. The molecule has 6 heteroatoms. The minimum absolute atomic E-state index is 0. The summed E-state index contributed by atoms with van der Waals surface area (Å²) in [4.78, 5) is 10.8. The van der Waals surface area contributed by atoms with E-state index in [1.165, 1.54) is 0 Å². The zero-order valence-corrected chi connectivity index (χ0v) is 8.93. The van der Waals surface area contributed by atoms with E-state index in [9.17, 15) is 4.79 Å². The monoisotopic (exact) mass is 231 g/mol. The summed E-state index contributed by atoms with van der Waals surface area (Å²) in [5, 5.41) is 2.56. The van der Waals surface area contributed by atoms with Gasteiger partial charge in [-0.2, -0.15) is 0 Å². The summed E-state index contributed by atoms with van der Waals surface area (Å²) in [6, 6.07) is 7.34. The Labute approximate surface area is 112 Å². The van der Waals surface area contributed by atoms with Crippen molar-refractivity contribution >= 4 is 25.0 Å². The molecule has 0 bridgehead atoms. The number of amides is 1. The van der Waals surface area contributed by atoms with Gasteiger partial charge in [-0.15, -0.1) is 0 Å². The van der Waals surface area contributed by atoms with E-state index in [4.69, 9.17) is 14.2 Å². The van der Waals surface area contributed by atoms with Crippen molar-refractivity contribution in [1.82, 2.24) is 5.32 Å². The van der Waals surface area contributed by atoms with Gasteiger partial charge < -0.3 is 19.5 Å². The molecule has 1 amide bonds. The number of methoxy groups -OCH3 is 1. The van der Waals surface area contributed by atoms with E-state index in [1.54, 1.807) is 7.11 Å². The molecule has 1 atom stereocenters. The first-order valence-corrected chi connectivity index (χ1v) is 5.00. The summed E-state index contributed by atoms with van der Waals surface area (Å²) in [6.07, 6.45) is -0.633. The number of nitrogens with one attached hydrogen (secondary N) is 1. The second-order valence-electron chi connectivity index (χ2n) is 3.37. The molecule has 1 unspecified atom stereocenters. The summed E-state index contributed by atoms with van der Waals surface area (Å²) >= 11 is 0. The number of cyclic esters (lactones) is 1. The molecule has 1 aromatic carbocycles. The van der Waals surface area contributed by atoms with Gasteiger partial charge in [0.15, 0.2) is 17.6 Å². The van der Waals surface area contributed by atoms with E-state index in [2.05, 4.69) is 5.32 Å². The second-order valence-corrected chi connectivity index (χ2v) is 3.37. The SMILES string of the molecule is COc1ccccc1OCC1CNC(=O)O1.[LiH]. The standard InChI is InChI=1S/C11H13NO4.Li.H/c1-14-9-4-2-3-5-10(9)15-7-8-6-12-11(13)16-8;;/h2-5,8H,6-7H2,1H3,(H,12,13);;. The Morgan fingerprint density at radius 3 is 2.71 bits per heavy atom. The molecule has 88 valence electrons. The van der Waals surface area contributed by atoms with Crippen molar-refractivity contribution in [2.45, 2.75) is 6.10 Å². The number of ether oxygens (including phenoxy) is 3. The number of hydrogen-bond acceptors (Lipinski definition) is 4. The van der Waals surface area contributed by atoms with Gasteiger partial charge in [0.05, 0.1) is 13.7 Å². The molecule has 1 aliphatic rings. The average molecular weight is 231 g/mol. The molecule has 0 saturated carbocycles. The average Bonchev–Trinajstić information content (AvgIpc) is 2.73. The van der Waals surface area contributed by atoms with Crippen molar-refractivity contribution < 1.29 is 19.0 Å². The normalized spacial score (nSPS) is 17.7. The molecular weight excluding hydrogens is 217 g/mol. The van der Waals surface area contributed by atoms with Crippen molar-refractivity contribution in [2.75, 3.05) is 20.3 Å². The molecule has 0 aromatic heterocycles. The van der Waals surface area contributed by atoms with Gasteiger partial charge in [-0.05, 0) is 12.1 Å². The van der Waals surface area contributed by atoms with Crippen LogP contribution in [-0.2, 0) is 4.74 Å². The van der Waals surface area contributed by atoms with Crippen molar-refractivity contribution in [3.05, 3.63) is 24.3 Å². The van der Waals surface area contributed by atoms with Crippen LogP contribution in [0.25, 0.3) is 0 Å². The van der Waals surface area contributed by atoms with Gasteiger partial charge in [0, 0.05) is 0 Å². The molecule has 0 aliphatic carbocycles. The Kier molecular flexibility index (Phi) is 5.20. The molecule has 1 aromatic rings. The molecule has 1 fully saturated rings. The van der Waals surface area contributed by atoms with E-state index >= 15 is 0 Å². The van der Waals surface area contributed by atoms with Crippen LogP contribution in [-0.4, -0.2) is 51.3 Å². The van der Waals surface area contributed by atoms with E-state index < -0.39 is 6.09 Å². The maximum absolute atomic E-state index is 10.8. The molecule has 0 radical (unpaired) electrons. The van der Waals surface area contributed by atoms with Crippen LogP contribution in [0.1, 0.15) is 0 Å². The number of benzene rings is 1. The first-order valence-electron chi connectivity index (χ1n) is 5.00. The van der Waals surface area contributed by atoms with Crippen LogP contribution in [0.15, 0.2) is 24.3 Å². The summed E-state index contributed by atoms with van der Waals surface area (Å²) in [7, 11) is 1.58. The van der Waals surface area contributed by atoms with Crippen LogP contribution in [0.5, 0.6) is 11.5 Å². The third-order valence-corrected chi connectivity index (χ3v) is 2.24. The Hall–Kier alpha value is -1.31. The van der Waals surface area contributed by atoms with E-state index in [1.807, 2.05) is 24.3 Å². The van der Waals surface area contributed by atoms with Crippen molar-refractivity contribution in [1.29, 1.82) is 0 Å². The Morgan fingerprint density at radius 2 is 2.12 bits per heavy atom. The molecule has 1 heterocycles. The van der Waals surface area contributed by atoms with Crippen molar-refractivity contribution in [2.24, 2.45) is 0 Å². The fourth-order valence-corrected chi connectivity index (χ4v) is 1.45.